The highest BCUT2D eigenvalue weighted by Crippen LogP contribution is 2.32. The van der Waals surface area contributed by atoms with E-state index in [0.29, 0.717) is 34.4 Å². The van der Waals surface area contributed by atoms with Gasteiger partial charge in [0.25, 0.3) is 16.7 Å². The summed E-state index contributed by atoms with van der Waals surface area (Å²) in [5, 5.41) is 11.6. The summed E-state index contributed by atoms with van der Waals surface area (Å²) in [4.78, 5) is 44.1. The Hall–Kier alpha value is -4.70. The number of carbonyl (C=O) groups excluding carboxylic acids is 2. The minimum Gasteiger partial charge on any atom is -0.494 e. The molecule has 1 aliphatic heterocycles. The second kappa shape index (κ2) is 11.6. The molecule has 1 saturated heterocycles. The number of aliphatic imine (C=N–C) groups is 1. The molecule has 0 atom stereocenters. The quantitative estimate of drug-likeness (QED) is 0.230. The normalized spacial score (nSPS) is 14.7. The van der Waals surface area contributed by atoms with Gasteiger partial charge in [0, 0.05) is 29.1 Å². The van der Waals surface area contributed by atoms with Gasteiger partial charge in [0.05, 0.1) is 29.3 Å². The van der Waals surface area contributed by atoms with Crippen LogP contribution >= 0.6 is 11.8 Å². The summed E-state index contributed by atoms with van der Waals surface area (Å²) >= 11 is 0.742. The van der Waals surface area contributed by atoms with Gasteiger partial charge < -0.3 is 9.84 Å². The van der Waals surface area contributed by atoms with Crippen molar-refractivity contribution in [3.63, 3.8) is 0 Å². The molecule has 4 aromatic rings. The van der Waals surface area contributed by atoms with Crippen LogP contribution in [0.1, 0.15) is 18.1 Å². The molecular weight excluding hydrogens is 533 g/mol. The predicted molar refractivity (Wildman–Crippen MR) is 154 cm³/mol. The van der Waals surface area contributed by atoms with Gasteiger partial charge in [0.1, 0.15) is 11.6 Å². The Balaban J connectivity index is 1.40. The number of ether oxygens (including phenoxy) is 1. The first kappa shape index (κ1) is 26.9. The first-order valence-electron chi connectivity index (χ1n) is 12.5. The number of aromatic hydroxyl groups is 1. The van der Waals surface area contributed by atoms with Gasteiger partial charge in [0.2, 0.25) is 5.88 Å². The van der Waals surface area contributed by atoms with Gasteiger partial charge in [-0.25, -0.2) is 8.96 Å². The van der Waals surface area contributed by atoms with Crippen LogP contribution in [0, 0.1) is 5.82 Å². The van der Waals surface area contributed by atoms with Gasteiger partial charge in [-0.2, -0.15) is 0 Å². The van der Waals surface area contributed by atoms with Crippen LogP contribution < -0.4 is 10.3 Å². The fourth-order valence-corrected chi connectivity index (χ4v) is 5.18. The molecule has 0 spiro atoms. The molecule has 2 amide bonds. The van der Waals surface area contributed by atoms with E-state index in [-0.39, 0.29) is 29.4 Å². The van der Waals surface area contributed by atoms with Crippen LogP contribution in [0.2, 0.25) is 0 Å². The lowest BCUT2D eigenvalue weighted by molar-refractivity contribution is -0.122. The highest BCUT2D eigenvalue weighted by atomic mass is 32.2. The predicted octanol–water partition coefficient (Wildman–Crippen LogP) is 5.39. The number of imide groups is 1. The van der Waals surface area contributed by atoms with E-state index in [0.717, 1.165) is 16.7 Å². The van der Waals surface area contributed by atoms with Gasteiger partial charge >= 0.3 is 0 Å². The van der Waals surface area contributed by atoms with Crippen LogP contribution in [0.4, 0.5) is 9.18 Å². The van der Waals surface area contributed by atoms with Crippen molar-refractivity contribution in [2.24, 2.45) is 4.99 Å². The number of aromatic nitrogens is 1. The van der Waals surface area contributed by atoms with E-state index in [9.17, 15) is 23.9 Å². The number of nitrogens with zero attached hydrogens (tertiary/aromatic N) is 3. The molecule has 0 aliphatic carbocycles. The summed E-state index contributed by atoms with van der Waals surface area (Å²) in [6.45, 7) is 2.42. The van der Waals surface area contributed by atoms with Gasteiger partial charge in [-0.1, -0.05) is 36.4 Å². The topological polar surface area (TPSA) is 101 Å². The summed E-state index contributed by atoms with van der Waals surface area (Å²) < 4.78 is 20.7. The number of amides is 2. The molecule has 3 aromatic carbocycles. The Morgan fingerprint density at radius 1 is 0.975 bits per heavy atom. The second-order valence-electron chi connectivity index (χ2n) is 8.74. The highest BCUT2D eigenvalue weighted by molar-refractivity contribution is 8.18. The summed E-state index contributed by atoms with van der Waals surface area (Å²) in [6.07, 6.45) is 2.79. The molecule has 1 fully saturated rings. The molecule has 0 radical (unpaired) electrons. The fraction of sp³-hybridized carbons (Fsp3) is 0.133. The van der Waals surface area contributed by atoms with E-state index < -0.39 is 22.5 Å². The largest absolute Gasteiger partial charge is 0.494 e. The molecule has 0 saturated carbocycles. The Bertz CT molecular complexity index is 1730. The molecule has 2 heterocycles. The first-order chi connectivity index (χ1) is 19.4. The average molecular weight is 558 g/mol. The van der Waals surface area contributed by atoms with Crippen molar-refractivity contribution in [1.82, 2.24) is 9.47 Å². The minimum atomic E-state index is -0.522. The SMILES string of the molecule is CCOc1ccc(-n2c(O)c(C=NCCN3C(=O)SC(=Cc4ccccc4F)C3=O)c3ccccc3c2=O)cc1. The zero-order chi connectivity index (χ0) is 28.2. The molecule has 1 N–H and O–H groups in total. The number of thioether (sulfide) groups is 1. The smallest absolute Gasteiger partial charge is 0.293 e. The number of carbonyl (C=O) groups is 2. The maximum Gasteiger partial charge on any atom is 0.293 e. The highest BCUT2D eigenvalue weighted by Gasteiger charge is 2.34. The molecule has 1 aromatic heterocycles. The van der Waals surface area contributed by atoms with Crippen LogP contribution in [0.15, 0.2) is 87.5 Å². The van der Waals surface area contributed by atoms with Crippen molar-refractivity contribution in [2.45, 2.75) is 6.92 Å². The van der Waals surface area contributed by atoms with Crippen molar-refractivity contribution < 1.29 is 23.8 Å². The summed E-state index contributed by atoms with van der Waals surface area (Å²) in [5.41, 5.74) is 0.591. The first-order valence-corrected chi connectivity index (χ1v) is 13.3. The van der Waals surface area contributed by atoms with Gasteiger partial charge in [-0.05, 0) is 61.2 Å². The maximum atomic E-state index is 14.0. The molecule has 0 unspecified atom stereocenters. The van der Waals surface area contributed by atoms with Crippen molar-refractivity contribution in [3.8, 4) is 17.3 Å². The monoisotopic (exact) mass is 557 g/mol. The minimum absolute atomic E-state index is 0.00694. The Labute approximate surface area is 233 Å². The van der Waals surface area contributed by atoms with Crippen LogP contribution in [-0.2, 0) is 4.79 Å². The number of hydrogen-bond acceptors (Lipinski definition) is 7. The lowest BCUT2D eigenvalue weighted by Gasteiger charge is -2.14. The zero-order valence-electron chi connectivity index (χ0n) is 21.4. The van der Waals surface area contributed by atoms with Crippen molar-refractivity contribution in [1.29, 1.82) is 0 Å². The Morgan fingerprint density at radius 3 is 2.40 bits per heavy atom. The summed E-state index contributed by atoms with van der Waals surface area (Å²) in [5.74, 6) is -0.670. The molecule has 40 heavy (non-hydrogen) atoms. The van der Waals surface area contributed by atoms with Crippen LogP contribution in [0.25, 0.3) is 22.5 Å². The fourth-order valence-electron chi connectivity index (χ4n) is 4.33. The van der Waals surface area contributed by atoms with Crippen LogP contribution in [-0.4, -0.2) is 51.6 Å². The Kier molecular flexibility index (Phi) is 7.79. The summed E-state index contributed by atoms with van der Waals surface area (Å²) in [6, 6.07) is 19.6. The molecule has 5 rings (SSSR count). The summed E-state index contributed by atoms with van der Waals surface area (Å²) in [7, 11) is 0. The lowest BCUT2D eigenvalue weighted by Crippen LogP contribution is -2.30. The van der Waals surface area contributed by atoms with Crippen LogP contribution in [0.5, 0.6) is 11.6 Å². The standard InChI is InChI=1S/C30H24FN3O5S/c1-2-39-21-13-11-20(12-14-21)34-27(35)23-9-5-4-8-22(23)24(28(34)36)18-32-15-16-33-29(37)26(40-30(33)38)17-19-7-3-6-10-25(19)31/h3-14,17-18,36H,2,15-16H2,1H3. The van der Waals surface area contributed by atoms with Crippen molar-refractivity contribution in [2.75, 3.05) is 19.7 Å². The van der Waals surface area contributed by atoms with E-state index in [2.05, 4.69) is 4.99 Å². The van der Waals surface area contributed by atoms with E-state index in [1.807, 2.05) is 6.92 Å². The number of pyridine rings is 1. The molecule has 0 bridgehead atoms. The molecular formula is C30H24FN3O5S. The van der Waals surface area contributed by atoms with Crippen molar-refractivity contribution in [3.05, 3.63) is 105 Å². The number of halogens is 1. The van der Waals surface area contributed by atoms with E-state index in [1.165, 1.54) is 29.0 Å². The molecule has 1 aliphatic rings. The Morgan fingerprint density at radius 2 is 1.68 bits per heavy atom. The molecule has 10 heteroatoms. The number of hydrogen-bond donors (Lipinski definition) is 1. The second-order valence-corrected chi connectivity index (χ2v) is 9.73. The third kappa shape index (κ3) is 5.26. The lowest BCUT2D eigenvalue weighted by atomic mass is 10.1. The van der Waals surface area contributed by atoms with E-state index in [4.69, 9.17) is 4.74 Å². The number of fused-ring (bicyclic) bond motifs is 1. The average Bonchev–Trinajstić information content (AvgIpc) is 3.22. The van der Waals surface area contributed by atoms with E-state index in [1.54, 1.807) is 60.7 Å². The third-order valence-electron chi connectivity index (χ3n) is 6.25. The van der Waals surface area contributed by atoms with E-state index >= 15 is 0 Å². The van der Waals surface area contributed by atoms with Crippen LogP contribution in [0.3, 0.4) is 0 Å². The van der Waals surface area contributed by atoms with Gasteiger partial charge in [-0.3, -0.25) is 24.3 Å². The van der Waals surface area contributed by atoms with Gasteiger partial charge in [0.15, 0.2) is 0 Å². The molecule has 202 valence electrons. The zero-order valence-corrected chi connectivity index (χ0v) is 22.2. The maximum absolute atomic E-state index is 14.0. The number of rotatable bonds is 8. The van der Waals surface area contributed by atoms with Gasteiger partial charge in [-0.15, -0.1) is 0 Å². The number of benzene rings is 3. The molecule has 8 nitrogen and oxygen atoms in total. The third-order valence-corrected chi connectivity index (χ3v) is 7.16. The van der Waals surface area contributed by atoms with Crippen molar-refractivity contribution >= 4 is 46.0 Å².